The molecular formula is C18H22ClN. The smallest absolute Gasteiger partial charge is 0.0408 e. The largest absolute Gasteiger partial charge is 0.306 e. The molecule has 0 fully saturated rings. The fourth-order valence-electron chi connectivity index (χ4n) is 2.28. The van der Waals surface area contributed by atoms with E-state index >= 15 is 0 Å². The van der Waals surface area contributed by atoms with Gasteiger partial charge < -0.3 is 5.32 Å². The summed E-state index contributed by atoms with van der Waals surface area (Å²) in [6, 6.07) is 15.2. The van der Waals surface area contributed by atoms with Gasteiger partial charge in [0.05, 0.1) is 0 Å². The van der Waals surface area contributed by atoms with Crippen LogP contribution in [-0.4, -0.2) is 0 Å². The summed E-state index contributed by atoms with van der Waals surface area (Å²) in [5.41, 5.74) is 5.24. The van der Waals surface area contributed by atoms with Crippen LogP contribution in [0.2, 0.25) is 5.02 Å². The number of benzene rings is 2. The second kappa shape index (κ2) is 6.92. The Morgan fingerprint density at radius 3 is 2.40 bits per heavy atom. The zero-order valence-electron chi connectivity index (χ0n) is 12.4. The molecule has 0 aromatic heterocycles. The molecule has 0 aliphatic carbocycles. The van der Waals surface area contributed by atoms with Crippen molar-refractivity contribution in [2.45, 2.75) is 39.8 Å². The molecule has 0 heterocycles. The molecular weight excluding hydrogens is 266 g/mol. The summed E-state index contributed by atoms with van der Waals surface area (Å²) in [4.78, 5) is 0. The molecule has 1 N–H and O–H groups in total. The fourth-order valence-corrected chi connectivity index (χ4v) is 2.51. The van der Waals surface area contributed by atoms with Crippen LogP contribution in [0, 0.1) is 6.92 Å². The first kappa shape index (κ1) is 15.1. The van der Waals surface area contributed by atoms with Gasteiger partial charge in [0.1, 0.15) is 0 Å². The number of hydrogen-bond donors (Lipinski definition) is 1. The van der Waals surface area contributed by atoms with Crippen molar-refractivity contribution in [3.63, 3.8) is 0 Å². The van der Waals surface area contributed by atoms with Crippen molar-refractivity contribution in [1.82, 2.24) is 5.32 Å². The summed E-state index contributed by atoms with van der Waals surface area (Å²) in [5, 5.41) is 4.37. The van der Waals surface area contributed by atoms with Crippen LogP contribution in [0.5, 0.6) is 0 Å². The lowest BCUT2D eigenvalue weighted by Crippen LogP contribution is -2.18. The van der Waals surface area contributed by atoms with E-state index in [0.29, 0.717) is 6.04 Å². The van der Waals surface area contributed by atoms with Crippen LogP contribution in [0.4, 0.5) is 0 Å². The number of aryl methyl sites for hydroxylation is 2. The van der Waals surface area contributed by atoms with Gasteiger partial charge in [-0.05, 0) is 54.7 Å². The van der Waals surface area contributed by atoms with E-state index in [-0.39, 0.29) is 0 Å². The highest BCUT2D eigenvalue weighted by molar-refractivity contribution is 6.30. The average molecular weight is 288 g/mol. The molecule has 2 rings (SSSR count). The average Bonchev–Trinajstić information content (AvgIpc) is 2.46. The third-order valence-corrected chi connectivity index (χ3v) is 4.03. The Hall–Kier alpha value is -1.31. The molecule has 20 heavy (non-hydrogen) atoms. The zero-order valence-corrected chi connectivity index (χ0v) is 13.2. The molecule has 106 valence electrons. The summed E-state index contributed by atoms with van der Waals surface area (Å²) in [5.74, 6) is 0. The first-order valence-corrected chi connectivity index (χ1v) is 7.55. The van der Waals surface area contributed by atoms with Gasteiger partial charge in [-0.3, -0.25) is 0 Å². The molecule has 0 aliphatic heterocycles. The lowest BCUT2D eigenvalue weighted by atomic mass is 10.0. The van der Waals surface area contributed by atoms with Gasteiger partial charge in [0.25, 0.3) is 0 Å². The minimum atomic E-state index is 0.344. The van der Waals surface area contributed by atoms with Gasteiger partial charge in [-0.15, -0.1) is 0 Å². The molecule has 0 aliphatic rings. The molecule has 2 aromatic carbocycles. The van der Waals surface area contributed by atoms with Gasteiger partial charge in [-0.25, -0.2) is 0 Å². The van der Waals surface area contributed by atoms with Crippen LogP contribution < -0.4 is 5.32 Å². The van der Waals surface area contributed by atoms with Gasteiger partial charge >= 0.3 is 0 Å². The van der Waals surface area contributed by atoms with E-state index < -0.39 is 0 Å². The van der Waals surface area contributed by atoms with Crippen LogP contribution in [0.15, 0.2) is 42.5 Å². The summed E-state index contributed by atoms with van der Waals surface area (Å²) in [7, 11) is 0. The first-order chi connectivity index (χ1) is 9.60. The predicted octanol–water partition coefficient (Wildman–Crippen LogP) is 5.06. The number of rotatable bonds is 5. The molecule has 0 spiro atoms. The quantitative estimate of drug-likeness (QED) is 0.810. The summed E-state index contributed by atoms with van der Waals surface area (Å²) < 4.78 is 0. The summed E-state index contributed by atoms with van der Waals surface area (Å²) in [6.07, 6.45) is 1.09. The van der Waals surface area contributed by atoms with Crippen LogP contribution in [-0.2, 0) is 13.0 Å². The number of hydrogen-bond acceptors (Lipinski definition) is 1. The summed E-state index contributed by atoms with van der Waals surface area (Å²) in [6.45, 7) is 7.34. The summed E-state index contributed by atoms with van der Waals surface area (Å²) >= 11 is 5.98. The highest BCUT2D eigenvalue weighted by Gasteiger charge is 2.06. The van der Waals surface area contributed by atoms with E-state index in [1.807, 2.05) is 12.1 Å². The third kappa shape index (κ3) is 3.84. The van der Waals surface area contributed by atoms with Crippen molar-refractivity contribution in [2.24, 2.45) is 0 Å². The lowest BCUT2D eigenvalue weighted by Gasteiger charge is -2.16. The lowest BCUT2D eigenvalue weighted by molar-refractivity contribution is 0.573. The topological polar surface area (TPSA) is 12.0 Å². The van der Waals surface area contributed by atoms with Crippen LogP contribution >= 0.6 is 11.6 Å². The minimum Gasteiger partial charge on any atom is -0.306 e. The van der Waals surface area contributed by atoms with Gasteiger partial charge in [-0.2, -0.15) is 0 Å². The van der Waals surface area contributed by atoms with E-state index in [1.54, 1.807) is 0 Å². The zero-order chi connectivity index (χ0) is 14.5. The SMILES string of the molecule is CCc1ccc(C(C)NCc2ccc(Cl)cc2C)cc1. The Balaban J connectivity index is 1.98. The molecule has 0 bridgehead atoms. The normalized spacial score (nSPS) is 12.4. The monoisotopic (exact) mass is 287 g/mol. The van der Waals surface area contributed by atoms with Crippen molar-refractivity contribution in [1.29, 1.82) is 0 Å². The van der Waals surface area contributed by atoms with E-state index in [9.17, 15) is 0 Å². The standard InChI is InChI=1S/C18H22ClN/c1-4-15-5-7-16(8-6-15)14(3)20-12-17-9-10-18(19)11-13(17)2/h5-11,14,20H,4,12H2,1-3H3. The predicted molar refractivity (Wildman–Crippen MR) is 87.3 cm³/mol. The van der Waals surface area contributed by atoms with Crippen molar-refractivity contribution in [3.8, 4) is 0 Å². The van der Waals surface area contributed by atoms with E-state index in [4.69, 9.17) is 11.6 Å². The molecule has 1 nitrogen and oxygen atoms in total. The van der Waals surface area contributed by atoms with Gasteiger partial charge in [0, 0.05) is 17.6 Å². The van der Waals surface area contributed by atoms with Crippen molar-refractivity contribution < 1.29 is 0 Å². The maximum atomic E-state index is 5.98. The Kier molecular flexibility index (Phi) is 5.22. The Bertz CT molecular complexity index is 560. The highest BCUT2D eigenvalue weighted by Crippen LogP contribution is 2.18. The molecule has 0 amide bonds. The van der Waals surface area contributed by atoms with Gasteiger partial charge in [-0.1, -0.05) is 48.9 Å². The molecule has 0 saturated carbocycles. The highest BCUT2D eigenvalue weighted by atomic mass is 35.5. The maximum Gasteiger partial charge on any atom is 0.0408 e. The molecule has 1 unspecified atom stereocenters. The van der Waals surface area contributed by atoms with Crippen LogP contribution in [0.3, 0.4) is 0 Å². The number of halogens is 1. The van der Waals surface area contributed by atoms with Crippen molar-refractivity contribution >= 4 is 11.6 Å². The van der Waals surface area contributed by atoms with E-state index in [2.05, 4.69) is 56.4 Å². The molecule has 0 saturated heterocycles. The second-order valence-corrected chi connectivity index (χ2v) is 5.70. The molecule has 1 atom stereocenters. The number of nitrogens with one attached hydrogen (secondary N) is 1. The van der Waals surface area contributed by atoms with Gasteiger partial charge in [0.15, 0.2) is 0 Å². The molecule has 2 heteroatoms. The van der Waals surface area contributed by atoms with E-state index in [0.717, 1.165) is 18.0 Å². The third-order valence-electron chi connectivity index (χ3n) is 3.79. The van der Waals surface area contributed by atoms with Crippen LogP contribution in [0.25, 0.3) is 0 Å². The second-order valence-electron chi connectivity index (χ2n) is 5.27. The van der Waals surface area contributed by atoms with Crippen molar-refractivity contribution in [3.05, 3.63) is 69.7 Å². The van der Waals surface area contributed by atoms with Crippen molar-refractivity contribution in [2.75, 3.05) is 0 Å². The minimum absolute atomic E-state index is 0.344. The van der Waals surface area contributed by atoms with E-state index in [1.165, 1.54) is 22.3 Å². The fraction of sp³-hybridized carbons (Fsp3) is 0.333. The first-order valence-electron chi connectivity index (χ1n) is 7.17. The maximum absolute atomic E-state index is 5.98. The Labute approximate surface area is 127 Å². The molecule has 2 aromatic rings. The Morgan fingerprint density at radius 1 is 1.10 bits per heavy atom. The Morgan fingerprint density at radius 2 is 1.80 bits per heavy atom. The van der Waals surface area contributed by atoms with Crippen LogP contribution in [0.1, 0.15) is 42.1 Å². The molecule has 0 radical (unpaired) electrons. The van der Waals surface area contributed by atoms with Gasteiger partial charge in [0.2, 0.25) is 0 Å².